The third-order valence-corrected chi connectivity index (χ3v) is 4.23. The lowest BCUT2D eigenvalue weighted by Gasteiger charge is -2.54. The van der Waals surface area contributed by atoms with E-state index in [2.05, 4.69) is 0 Å². The maximum Gasteiger partial charge on any atom is 0.242 e. The molecule has 19 heavy (non-hydrogen) atoms. The topological polar surface area (TPSA) is 104 Å². The van der Waals surface area contributed by atoms with E-state index in [1.807, 2.05) is 0 Å². The number of hydrogen-bond acceptors (Lipinski definition) is 4. The molecule has 2 aliphatic heterocycles. The number of carbonyl (C=O) groups is 3. The first-order valence-electron chi connectivity index (χ1n) is 6.38. The fourth-order valence-corrected chi connectivity index (χ4v) is 2.89. The van der Waals surface area contributed by atoms with Crippen LogP contribution in [0.4, 0.5) is 0 Å². The Morgan fingerprint density at radius 3 is 2.37 bits per heavy atom. The normalized spacial score (nSPS) is 23.2. The van der Waals surface area contributed by atoms with E-state index in [9.17, 15) is 14.4 Å². The van der Waals surface area contributed by atoms with Crippen molar-refractivity contribution in [3.63, 3.8) is 0 Å². The SMILES string of the molecule is CC(=O)N1CCC2(CC1)CN([C@@H](CO)C(N)=O)C2=O. The lowest BCUT2D eigenvalue weighted by Crippen LogP contribution is -2.69. The summed E-state index contributed by atoms with van der Waals surface area (Å²) in [5.41, 5.74) is 4.69. The van der Waals surface area contributed by atoms with Crippen LogP contribution in [0.1, 0.15) is 19.8 Å². The molecule has 2 rings (SSSR count). The molecule has 0 unspecified atom stereocenters. The van der Waals surface area contributed by atoms with Gasteiger partial charge < -0.3 is 20.6 Å². The van der Waals surface area contributed by atoms with Gasteiger partial charge in [0.25, 0.3) is 0 Å². The Bertz CT molecular complexity index is 415. The minimum atomic E-state index is -0.927. The van der Waals surface area contributed by atoms with Crippen molar-refractivity contribution >= 4 is 17.7 Å². The molecule has 3 N–H and O–H groups in total. The van der Waals surface area contributed by atoms with Crippen LogP contribution in [0.15, 0.2) is 0 Å². The van der Waals surface area contributed by atoms with Gasteiger partial charge >= 0.3 is 0 Å². The van der Waals surface area contributed by atoms with Gasteiger partial charge in [-0.3, -0.25) is 14.4 Å². The average molecular weight is 269 g/mol. The van der Waals surface area contributed by atoms with Crippen LogP contribution < -0.4 is 5.73 Å². The molecule has 7 heteroatoms. The Kier molecular flexibility index (Phi) is 3.49. The monoisotopic (exact) mass is 269 g/mol. The van der Waals surface area contributed by atoms with Crippen LogP contribution in [0.2, 0.25) is 0 Å². The lowest BCUT2D eigenvalue weighted by atomic mass is 9.70. The number of carbonyl (C=O) groups excluding carboxylic acids is 3. The van der Waals surface area contributed by atoms with E-state index in [4.69, 9.17) is 10.8 Å². The molecule has 2 heterocycles. The summed E-state index contributed by atoms with van der Waals surface area (Å²) in [4.78, 5) is 37.7. The molecule has 1 spiro atoms. The van der Waals surface area contributed by atoms with Crippen LogP contribution in [0.3, 0.4) is 0 Å². The van der Waals surface area contributed by atoms with Gasteiger partial charge in [-0.15, -0.1) is 0 Å². The summed E-state index contributed by atoms with van der Waals surface area (Å²) in [6, 6.07) is -0.927. The molecule has 0 bridgehead atoms. The number of likely N-dealkylation sites (tertiary alicyclic amines) is 2. The number of nitrogens with zero attached hydrogens (tertiary/aromatic N) is 2. The molecule has 0 radical (unpaired) electrons. The zero-order chi connectivity index (χ0) is 14.2. The Hall–Kier alpha value is -1.63. The Labute approximate surface area is 111 Å². The van der Waals surface area contributed by atoms with Gasteiger partial charge in [-0.2, -0.15) is 0 Å². The van der Waals surface area contributed by atoms with Crippen LogP contribution in [-0.2, 0) is 14.4 Å². The third kappa shape index (κ3) is 2.18. The minimum absolute atomic E-state index is 0.0175. The smallest absolute Gasteiger partial charge is 0.242 e. The summed E-state index contributed by atoms with van der Waals surface area (Å²) < 4.78 is 0. The van der Waals surface area contributed by atoms with Crippen molar-refractivity contribution in [2.45, 2.75) is 25.8 Å². The summed E-state index contributed by atoms with van der Waals surface area (Å²) in [7, 11) is 0. The first kappa shape index (κ1) is 13.8. The number of amides is 3. The van der Waals surface area contributed by atoms with Crippen LogP contribution in [0.5, 0.6) is 0 Å². The summed E-state index contributed by atoms with van der Waals surface area (Å²) in [5.74, 6) is -0.802. The average Bonchev–Trinajstić information content (AvgIpc) is 2.38. The van der Waals surface area contributed by atoms with Crippen LogP contribution >= 0.6 is 0 Å². The molecular weight excluding hydrogens is 250 g/mol. The van der Waals surface area contributed by atoms with E-state index in [-0.39, 0.29) is 11.8 Å². The van der Waals surface area contributed by atoms with Gasteiger partial charge in [0.05, 0.1) is 12.0 Å². The molecule has 0 aromatic rings. The first-order chi connectivity index (χ1) is 8.91. The van der Waals surface area contributed by atoms with Crippen molar-refractivity contribution in [2.24, 2.45) is 11.1 Å². The molecule has 0 aromatic carbocycles. The van der Waals surface area contributed by atoms with Gasteiger partial charge in [0, 0.05) is 26.6 Å². The van der Waals surface area contributed by atoms with E-state index in [0.717, 1.165) is 0 Å². The Morgan fingerprint density at radius 1 is 1.42 bits per heavy atom. The molecular formula is C12H19N3O4. The predicted octanol–water partition coefficient (Wildman–Crippen LogP) is -1.70. The molecule has 2 aliphatic rings. The third-order valence-electron chi connectivity index (χ3n) is 4.23. The van der Waals surface area contributed by atoms with E-state index in [1.54, 1.807) is 4.90 Å². The predicted molar refractivity (Wildman–Crippen MR) is 65.7 cm³/mol. The second kappa shape index (κ2) is 4.80. The number of nitrogens with two attached hydrogens (primary N) is 1. The van der Waals surface area contributed by atoms with E-state index in [1.165, 1.54) is 11.8 Å². The zero-order valence-electron chi connectivity index (χ0n) is 11.0. The van der Waals surface area contributed by atoms with Crippen molar-refractivity contribution in [1.82, 2.24) is 9.80 Å². The van der Waals surface area contributed by atoms with Gasteiger partial charge in [-0.25, -0.2) is 0 Å². The highest BCUT2D eigenvalue weighted by atomic mass is 16.3. The molecule has 106 valence electrons. The van der Waals surface area contributed by atoms with Crippen molar-refractivity contribution in [3.8, 4) is 0 Å². The number of aliphatic hydroxyl groups excluding tert-OH is 1. The summed E-state index contributed by atoms with van der Waals surface area (Å²) in [6.45, 7) is 2.63. The van der Waals surface area contributed by atoms with Gasteiger partial charge in [-0.05, 0) is 12.8 Å². The molecule has 7 nitrogen and oxygen atoms in total. The van der Waals surface area contributed by atoms with Gasteiger partial charge in [0.2, 0.25) is 17.7 Å². The largest absolute Gasteiger partial charge is 0.394 e. The maximum absolute atomic E-state index is 12.2. The molecule has 1 atom stereocenters. The Morgan fingerprint density at radius 2 is 2.00 bits per heavy atom. The summed E-state index contributed by atoms with van der Waals surface area (Å²) in [6.07, 6.45) is 1.22. The Balaban J connectivity index is 1.98. The number of piperidine rings is 1. The number of rotatable bonds is 3. The highest BCUT2D eigenvalue weighted by Gasteiger charge is 2.55. The van der Waals surface area contributed by atoms with E-state index < -0.39 is 24.0 Å². The molecule has 0 aliphatic carbocycles. The number of β-lactam (4-membered cyclic amide) rings is 1. The van der Waals surface area contributed by atoms with Gasteiger partial charge in [0.1, 0.15) is 6.04 Å². The van der Waals surface area contributed by atoms with E-state index >= 15 is 0 Å². The van der Waals surface area contributed by atoms with Crippen LogP contribution in [-0.4, -0.2) is 64.9 Å². The number of aliphatic hydroxyl groups is 1. The second-order valence-corrected chi connectivity index (χ2v) is 5.32. The highest BCUT2D eigenvalue weighted by molar-refractivity contribution is 5.94. The summed E-state index contributed by atoms with van der Waals surface area (Å²) in [5, 5.41) is 9.10. The standard InChI is InChI=1S/C12H19N3O4/c1-8(17)14-4-2-12(3-5-14)7-15(11(12)19)9(6-16)10(13)18/h9,16H,2-7H2,1H3,(H2,13,18)/t9-/m0/s1. The second-order valence-electron chi connectivity index (χ2n) is 5.32. The highest BCUT2D eigenvalue weighted by Crippen LogP contribution is 2.42. The van der Waals surface area contributed by atoms with Crippen LogP contribution in [0.25, 0.3) is 0 Å². The zero-order valence-corrected chi connectivity index (χ0v) is 11.0. The van der Waals surface area contributed by atoms with Crippen molar-refractivity contribution in [3.05, 3.63) is 0 Å². The minimum Gasteiger partial charge on any atom is -0.394 e. The van der Waals surface area contributed by atoms with Crippen LogP contribution in [0, 0.1) is 5.41 Å². The number of primary amides is 1. The van der Waals surface area contributed by atoms with Gasteiger partial charge in [-0.1, -0.05) is 0 Å². The quantitative estimate of drug-likeness (QED) is 0.596. The molecule has 0 saturated carbocycles. The van der Waals surface area contributed by atoms with Crippen molar-refractivity contribution in [1.29, 1.82) is 0 Å². The van der Waals surface area contributed by atoms with Gasteiger partial charge in [0.15, 0.2) is 0 Å². The fraction of sp³-hybridized carbons (Fsp3) is 0.750. The summed E-state index contributed by atoms with van der Waals surface area (Å²) >= 11 is 0. The van der Waals surface area contributed by atoms with E-state index in [0.29, 0.717) is 32.5 Å². The fourth-order valence-electron chi connectivity index (χ4n) is 2.89. The molecule has 2 saturated heterocycles. The van der Waals surface area contributed by atoms with Crippen molar-refractivity contribution in [2.75, 3.05) is 26.2 Å². The molecule has 0 aromatic heterocycles. The molecule has 3 amide bonds. The molecule has 2 fully saturated rings. The van der Waals surface area contributed by atoms with Crippen molar-refractivity contribution < 1.29 is 19.5 Å². The maximum atomic E-state index is 12.2. The lowest BCUT2D eigenvalue weighted by molar-refractivity contribution is -0.174. The number of hydrogen-bond donors (Lipinski definition) is 2. The first-order valence-corrected chi connectivity index (χ1v) is 6.38.